The van der Waals surface area contributed by atoms with E-state index in [1.54, 1.807) is 0 Å². The van der Waals surface area contributed by atoms with E-state index in [2.05, 4.69) is 20.8 Å². The van der Waals surface area contributed by atoms with Gasteiger partial charge in [-0.2, -0.15) is 4.31 Å². The third-order valence-corrected chi connectivity index (χ3v) is 6.34. The second kappa shape index (κ2) is 5.77. The first-order valence-corrected chi connectivity index (χ1v) is 8.68. The minimum absolute atomic E-state index is 0.0167. The van der Waals surface area contributed by atoms with Crippen LogP contribution in [0.25, 0.3) is 0 Å². The summed E-state index contributed by atoms with van der Waals surface area (Å²) in [6.07, 6.45) is 0. The van der Waals surface area contributed by atoms with Gasteiger partial charge in [-0.15, -0.1) is 0 Å². The van der Waals surface area contributed by atoms with Crippen molar-refractivity contribution in [2.24, 2.45) is 0 Å². The van der Waals surface area contributed by atoms with Crippen LogP contribution in [0.3, 0.4) is 0 Å². The van der Waals surface area contributed by atoms with Crippen LogP contribution in [0.1, 0.15) is 0 Å². The Morgan fingerprint density at radius 2 is 1.89 bits per heavy atom. The quantitative estimate of drug-likeness (QED) is 0.782. The Hall–Kier alpha value is -0.300. The molecule has 0 saturated carbocycles. The zero-order chi connectivity index (χ0) is 13.2. The SMILES string of the molecule is O=S(=O)(CBr)N1CCN(c2cccc(Cl)c2)CC1. The van der Waals surface area contributed by atoms with Gasteiger partial charge in [-0.25, -0.2) is 8.42 Å². The summed E-state index contributed by atoms with van der Waals surface area (Å²) < 4.78 is 24.9. The molecule has 1 aliphatic heterocycles. The number of nitrogens with zero attached hydrogens (tertiary/aromatic N) is 2. The number of alkyl halides is 1. The summed E-state index contributed by atoms with van der Waals surface area (Å²) in [6.45, 7) is 2.40. The molecule has 1 fully saturated rings. The molecule has 7 heteroatoms. The Balaban J connectivity index is 2.03. The second-order valence-corrected chi connectivity index (χ2v) is 7.80. The van der Waals surface area contributed by atoms with Crippen molar-refractivity contribution in [1.29, 1.82) is 0 Å². The van der Waals surface area contributed by atoms with Crippen molar-refractivity contribution in [3.63, 3.8) is 0 Å². The third-order valence-electron chi connectivity index (χ3n) is 2.94. The summed E-state index contributed by atoms with van der Waals surface area (Å²) >= 11 is 8.96. The number of hydrogen-bond acceptors (Lipinski definition) is 3. The number of piperazine rings is 1. The first-order valence-electron chi connectivity index (χ1n) is 5.57. The summed E-state index contributed by atoms with van der Waals surface area (Å²) in [4.78, 5) is 2.14. The highest BCUT2D eigenvalue weighted by Crippen LogP contribution is 2.21. The fourth-order valence-corrected chi connectivity index (χ4v) is 3.88. The minimum atomic E-state index is -3.14. The van der Waals surface area contributed by atoms with E-state index in [9.17, 15) is 8.42 Å². The summed E-state index contributed by atoms with van der Waals surface area (Å²) in [7, 11) is -3.14. The monoisotopic (exact) mass is 352 g/mol. The van der Waals surface area contributed by atoms with Gasteiger partial charge in [-0.3, -0.25) is 0 Å². The van der Waals surface area contributed by atoms with E-state index < -0.39 is 10.0 Å². The van der Waals surface area contributed by atoms with Gasteiger partial charge in [0.15, 0.2) is 0 Å². The van der Waals surface area contributed by atoms with Crippen molar-refractivity contribution >= 4 is 43.2 Å². The molecule has 0 aromatic heterocycles. The number of rotatable bonds is 3. The normalized spacial score (nSPS) is 18.0. The van der Waals surface area contributed by atoms with Gasteiger partial charge in [-0.1, -0.05) is 33.6 Å². The van der Waals surface area contributed by atoms with E-state index in [-0.39, 0.29) is 4.66 Å². The maximum atomic E-state index is 11.7. The maximum absolute atomic E-state index is 11.7. The van der Waals surface area contributed by atoms with Crippen molar-refractivity contribution in [1.82, 2.24) is 4.31 Å². The molecular formula is C11H14BrClN2O2S. The topological polar surface area (TPSA) is 40.6 Å². The van der Waals surface area contributed by atoms with Gasteiger partial charge in [-0.05, 0) is 18.2 Å². The van der Waals surface area contributed by atoms with Crippen LogP contribution < -0.4 is 4.90 Å². The lowest BCUT2D eigenvalue weighted by atomic mass is 10.2. The Labute approximate surface area is 121 Å². The Kier molecular flexibility index (Phi) is 4.53. The molecule has 0 atom stereocenters. The lowest BCUT2D eigenvalue weighted by molar-refractivity contribution is 0.387. The zero-order valence-electron chi connectivity index (χ0n) is 9.72. The van der Waals surface area contributed by atoms with E-state index in [0.717, 1.165) is 5.69 Å². The zero-order valence-corrected chi connectivity index (χ0v) is 12.9. The highest BCUT2D eigenvalue weighted by molar-refractivity contribution is 9.10. The van der Waals surface area contributed by atoms with E-state index in [1.807, 2.05) is 24.3 Å². The molecule has 1 aliphatic rings. The molecular weight excluding hydrogens is 340 g/mol. The molecule has 0 N–H and O–H groups in total. The standard InChI is InChI=1S/C11H14BrClN2O2S/c12-9-18(16,17)15-6-4-14(5-7-15)11-3-1-2-10(13)8-11/h1-3,8H,4-7,9H2. The lowest BCUT2D eigenvalue weighted by Crippen LogP contribution is -2.48. The van der Waals surface area contributed by atoms with E-state index >= 15 is 0 Å². The molecule has 18 heavy (non-hydrogen) atoms. The van der Waals surface area contributed by atoms with Crippen LogP contribution in [0.5, 0.6) is 0 Å². The Bertz CT molecular complexity index is 516. The van der Waals surface area contributed by atoms with Crippen molar-refractivity contribution in [2.45, 2.75) is 0 Å². The molecule has 0 radical (unpaired) electrons. The molecule has 1 aromatic carbocycles. The van der Waals surface area contributed by atoms with Gasteiger partial charge in [0, 0.05) is 36.9 Å². The van der Waals surface area contributed by atoms with Gasteiger partial charge < -0.3 is 4.90 Å². The van der Waals surface area contributed by atoms with Crippen molar-refractivity contribution in [3.8, 4) is 0 Å². The largest absolute Gasteiger partial charge is 0.369 e. The molecule has 1 heterocycles. The molecule has 2 rings (SSSR count). The minimum Gasteiger partial charge on any atom is -0.369 e. The molecule has 100 valence electrons. The van der Waals surface area contributed by atoms with E-state index in [0.29, 0.717) is 31.2 Å². The molecule has 1 saturated heterocycles. The Morgan fingerprint density at radius 1 is 1.22 bits per heavy atom. The number of halogens is 2. The van der Waals surface area contributed by atoms with Crippen molar-refractivity contribution < 1.29 is 8.42 Å². The molecule has 1 aromatic rings. The van der Waals surface area contributed by atoms with Crippen LogP contribution in [0.2, 0.25) is 5.02 Å². The van der Waals surface area contributed by atoms with Gasteiger partial charge in [0.05, 0.1) is 0 Å². The molecule has 0 unspecified atom stereocenters. The summed E-state index contributed by atoms with van der Waals surface area (Å²) in [5, 5.41) is 0.697. The van der Waals surface area contributed by atoms with E-state index in [1.165, 1.54) is 4.31 Å². The molecule has 0 aliphatic carbocycles. The summed E-state index contributed by atoms with van der Waals surface area (Å²) in [5.41, 5.74) is 1.04. The molecule has 0 spiro atoms. The van der Waals surface area contributed by atoms with Crippen LogP contribution in [0, 0.1) is 0 Å². The number of anilines is 1. The highest BCUT2D eigenvalue weighted by atomic mass is 79.9. The van der Waals surface area contributed by atoms with Crippen molar-refractivity contribution in [3.05, 3.63) is 29.3 Å². The first kappa shape index (κ1) is 14.1. The van der Waals surface area contributed by atoms with Crippen LogP contribution in [0.4, 0.5) is 5.69 Å². The maximum Gasteiger partial charge on any atom is 0.224 e. The molecule has 0 bridgehead atoms. The highest BCUT2D eigenvalue weighted by Gasteiger charge is 2.25. The summed E-state index contributed by atoms with van der Waals surface area (Å²) in [6, 6.07) is 7.62. The fourth-order valence-electron chi connectivity index (χ4n) is 1.97. The number of hydrogen-bond donors (Lipinski definition) is 0. The molecule has 0 amide bonds. The fraction of sp³-hybridized carbons (Fsp3) is 0.455. The second-order valence-electron chi connectivity index (χ2n) is 4.09. The summed E-state index contributed by atoms with van der Waals surface area (Å²) in [5.74, 6) is 0. The predicted molar refractivity (Wildman–Crippen MR) is 78.0 cm³/mol. The number of benzene rings is 1. The van der Waals surface area contributed by atoms with Crippen LogP contribution in [0.15, 0.2) is 24.3 Å². The number of sulfonamides is 1. The van der Waals surface area contributed by atoms with Crippen LogP contribution >= 0.6 is 27.5 Å². The van der Waals surface area contributed by atoms with Crippen molar-refractivity contribution in [2.75, 3.05) is 35.7 Å². The van der Waals surface area contributed by atoms with Gasteiger partial charge in [0.2, 0.25) is 10.0 Å². The lowest BCUT2D eigenvalue weighted by Gasteiger charge is -2.35. The third kappa shape index (κ3) is 3.17. The van der Waals surface area contributed by atoms with Gasteiger partial charge in [0.1, 0.15) is 4.66 Å². The smallest absolute Gasteiger partial charge is 0.224 e. The molecule has 4 nitrogen and oxygen atoms in total. The van der Waals surface area contributed by atoms with Crippen LogP contribution in [-0.2, 0) is 10.0 Å². The van der Waals surface area contributed by atoms with E-state index in [4.69, 9.17) is 11.6 Å². The van der Waals surface area contributed by atoms with Gasteiger partial charge in [0.25, 0.3) is 0 Å². The average molecular weight is 354 g/mol. The average Bonchev–Trinajstić information content (AvgIpc) is 2.39. The van der Waals surface area contributed by atoms with Crippen LogP contribution in [-0.4, -0.2) is 43.6 Å². The first-order chi connectivity index (χ1) is 8.53. The predicted octanol–water partition coefficient (Wildman–Crippen LogP) is 2.14. The Morgan fingerprint density at radius 3 is 2.44 bits per heavy atom. The van der Waals surface area contributed by atoms with Gasteiger partial charge >= 0.3 is 0 Å².